The van der Waals surface area contributed by atoms with Gasteiger partial charge >= 0.3 is 0 Å². The molecule has 1 amide bonds. The molecule has 3 aromatic carbocycles. The largest absolute Gasteiger partial charge is 0.329 e. The Kier molecular flexibility index (Phi) is 6.19. The lowest BCUT2D eigenvalue weighted by Gasteiger charge is -2.32. The van der Waals surface area contributed by atoms with Gasteiger partial charge in [-0.05, 0) is 59.9 Å². The van der Waals surface area contributed by atoms with E-state index in [0.29, 0.717) is 27.3 Å². The average Bonchev–Trinajstić information content (AvgIpc) is 2.78. The fourth-order valence-corrected chi connectivity index (χ4v) is 4.60. The maximum atomic E-state index is 11.4. The summed E-state index contributed by atoms with van der Waals surface area (Å²) in [6.45, 7) is 3.39. The summed E-state index contributed by atoms with van der Waals surface area (Å²) >= 11 is 0. The number of carbonyl (C=O) groups is 1. The summed E-state index contributed by atoms with van der Waals surface area (Å²) in [5, 5.41) is 14.7. The van der Waals surface area contributed by atoms with E-state index in [1.54, 1.807) is 36.6 Å². The molecule has 1 atom stereocenters. The number of hydrogen-bond acceptors (Lipinski definition) is 7. The van der Waals surface area contributed by atoms with Crippen LogP contribution >= 0.6 is 10.5 Å². The number of para-hydroxylation sites is 2. The molecular formula is C24H25N5O3S. The fraction of sp³-hybridized carbons (Fsp3) is 0.125. The Hall–Kier alpha value is -3.66. The van der Waals surface area contributed by atoms with Crippen molar-refractivity contribution in [3.63, 3.8) is 0 Å². The molecule has 0 bridgehead atoms. The summed E-state index contributed by atoms with van der Waals surface area (Å²) < 4.78 is 14.4. The van der Waals surface area contributed by atoms with Gasteiger partial charge in [0.1, 0.15) is 0 Å². The summed E-state index contributed by atoms with van der Waals surface area (Å²) in [4.78, 5) is 21.4. The zero-order valence-corrected chi connectivity index (χ0v) is 19.3. The van der Waals surface area contributed by atoms with Crippen molar-refractivity contribution in [2.75, 3.05) is 21.4 Å². The number of aryl methyl sites for hydroxylation is 1. The number of anilines is 4. The van der Waals surface area contributed by atoms with Crippen LogP contribution in [-0.4, -0.2) is 31.9 Å². The predicted molar refractivity (Wildman–Crippen MR) is 133 cm³/mol. The van der Waals surface area contributed by atoms with E-state index in [0.717, 1.165) is 10.6 Å². The molecule has 0 radical (unpaired) electrons. The molecule has 0 aliphatic carbocycles. The average molecular weight is 464 g/mol. The smallest absolute Gasteiger partial charge is 0.221 e. The molecule has 1 aromatic heterocycles. The first kappa shape index (κ1) is 22.5. The van der Waals surface area contributed by atoms with Gasteiger partial charge in [0.25, 0.3) is 0 Å². The predicted octanol–water partition coefficient (Wildman–Crippen LogP) is 5.72. The molecule has 0 fully saturated rings. The molecule has 0 saturated heterocycles. The Balaban J connectivity index is 1.78. The van der Waals surface area contributed by atoms with Gasteiger partial charge in [0.2, 0.25) is 11.7 Å². The topological polar surface area (TPSA) is 111 Å². The standard InChI is InChI=1S/C24H25N5O3S/c1-16-11-13-20(14-12-16)33(3,32)28-23-24(27-22-10-5-4-9-21(22)26-23)29(31)19-8-6-7-18(15-19)25-17(2)30/h4-15,31-32H,1-3H3,(H,25,30)(H,26,28). The van der Waals surface area contributed by atoms with Crippen LogP contribution in [0.1, 0.15) is 12.5 Å². The molecule has 0 saturated carbocycles. The van der Waals surface area contributed by atoms with Gasteiger partial charge in [0, 0.05) is 23.8 Å². The van der Waals surface area contributed by atoms with Crippen LogP contribution in [0.2, 0.25) is 0 Å². The minimum atomic E-state index is -2.51. The second-order valence-corrected chi connectivity index (χ2v) is 10.1. The van der Waals surface area contributed by atoms with E-state index >= 15 is 0 Å². The zero-order chi connectivity index (χ0) is 23.6. The highest BCUT2D eigenvalue weighted by Gasteiger charge is 2.23. The van der Waals surface area contributed by atoms with Gasteiger partial charge < -0.3 is 14.6 Å². The molecule has 4 rings (SSSR count). The number of nitrogens with zero attached hydrogens (tertiary/aromatic N) is 3. The van der Waals surface area contributed by atoms with Crippen LogP contribution in [0.15, 0.2) is 77.7 Å². The van der Waals surface area contributed by atoms with Crippen molar-refractivity contribution in [1.29, 1.82) is 0 Å². The number of rotatable bonds is 6. The number of benzene rings is 3. The van der Waals surface area contributed by atoms with Crippen molar-refractivity contribution in [3.8, 4) is 0 Å². The summed E-state index contributed by atoms with van der Waals surface area (Å²) in [7, 11) is -2.51. The highest BCUT2D eigenvalue weighted by atomic mass is 32.3. The summed E-state index contributed by atoms with van der Waals surface area (Å²) in [6, 6.07) is 21.6. The van der Waals surface area contributed by atoms with Gasteiger partial charge in [0.15, 0.2) is 5.82 Å². The monoisotopic (exact) mass is 463 g/mol. The summed E-state index contributed by atoms with van der Waals surface area (Å²) in [6.07, 6.45) is 1.69. The van der Waals surface area contributed by atoms with Gasteiger partial charge in [0.05, 0.1) is 16.7 Å². The molecule has 0 aliphatic rings. The maximum absolute atomic E-state index is 11.4. The number of aromatic nitrogens is 2. The van der Waals surface area contributed by atoms with Crippen LogP contribution in [0, 0.1) is 6.92 Å². The number of nitrogens with one attached hydrogen (secondary N) is 2. The molecule has 4 N–H and O–H groups in total. The summed E-state index contributed by atoms with van der Waals surface area (Å²) in [5.74, 6) is 0.123. The minimum absolute atomic E-state index is 0.119. The first-order valence-electron chi connectivity index (χ1n) is 10.2. The molecule has 0 aliphatic heterocycles. The van der Waals surface area contributed by atoms with E-state index < -0.39 is 10.5 Å². The van der Waals surface area contributed by atoms with Crippen LogP contribution in [0.3, 0.4) is 0 Å². The third-order valence-electron chi connectivity index (χ3n) is 4.94. The number of amides is 1. The van der Waals surface area contributed by atoms with Crippen LogP contribution in [0.4, 0.5) is 23.0 Å². The first-order chi connectivity index (χ1) is 15.7. The van der Waals surface area contributed by atoms with Crippen LogP contribution in [-0.2, 0) is 4.79 Å². The molecular weight excluding hydrogens is 438 g/mol. The van der Waals surface area contributed by atoms with E-state index in [2.05, 4.69) is 20.0 Å². The quantitative estimate of drug-likeness (QED) is 0.271. The molecule has 9 heteroatoms. The molecule has 33 heavy (non-hydrogen) atoms. The van der Waals surface area contributed by atoms with Crippen LogP contribution in [0.25, 0.3) is 11.0 Å². The lowest BCUT2D eigenvalue weighted by molar-refractivity contribution is -0.114. The highest BCUT2D eigenvalue weighted by Crippen LogP contribution is 2.49. The third-order valence-corrected chi connectivity index (χ3v) is 6.72. The maximum Gasteiger partial charge on any atom is 0.221 e. The number of carbonyl (C=O) groups excluding carboxylic acids is 1. The fourth-order valence-electron chi connectivity index (χ4n) is 3.30. The van der Waals surface area contributed by atoms with Crippen molar-refractivity contribution < 1.29 is 14.6 Å². The van der Waals surface area contributed by atoms with E-state index in [1.807, 2.05) is 49.4 Å². The Morgan fingerprint density at radius 2 is 1.64 bits per heavy atom. The second kappa shape index (κ2) is 9.07. The normalized spacial score (nSPS) is 13.7. The Bertz CT molecular complexity index is 1310. The molecule has 4 aromatic rings. The van der Waals surface area contributed by atoms with Crippen LogP contribution in [0.5, 0.6) is 0 Å². The van der Waals surface area contributed by atoms with E-state index in [-0.39, 0.29) is 17.5 Å². The zero-order valence-electron chi connectivity index (χ0n) is 18.5. The van der Waals surface area contributed by atoms with Gasteiger partial charge in [-0.2, -0.15) is 0 Å². The molecule has 1 heterocycles. The Morgan fingerprint density at radius 1 is 0.970 bits per heavy atom. The van der Waals surface area contributed by atoms with Crippen molar-refractivity contribution in [2.45, 2.75) is 18.7 Å². The van der Waals surface area contributed by atoms with Crippen molar-refractivity contribution in [2.24, 2.45) is 0 Å². The van der Waals surface area contributed by atoms with Gasteiger partial charge in [-0.3, -0.25) is 10.0 Å². The summed E-state index contributed by atoms with van der Waals surface area (Å²) in [5.41, 5.74) is 3.18. The molecule has 1 unspecified atom stereocenters. The van der Waals surface area contributed by atoms with Gasteiger partial charge in [-0.25, -0.2) is 15.0 Å². The van der Waals surface area contributed by atoms with Gasteiger partial charge in [-0.15, -0.1) is 0 Å². The second-order valence-electron chi connectivity index (χ2n) is 7.72. The highest BCUT2D eigenvalue weighted by molar-refractivity contribution is 8.29. The first-order valence-corrected chi connectivity index (χ1v) is 12.2. The van der Waals surface area contributed by atoms with Crippen molar-refractivity contribution in [1.82, 2.24) is 9.97 Å². The lowest BCUT2D eigenvalue weighted by atomic mass is 10.2. The minimum Gasteiger partial charge on any atom is -0.329 e. The Labute approximate surface area is 193 Å². The van der Waals surface area contributed by atoms with Crippen molar-refractivity contribution in [3.05, 3.63) is 78.4 Å². The lowest BCUT2D eigenvalue weighted by Crippen LogP contribution is -2.18. The third kappa shape index (κ3) is 5.06. The Morgan fingerprint density at radius 3 is 2.30 bits per heavy atom. The van der Waals surface area contributed by atoms with E-state index in [1.165, 1.54) is 6.92 Å². The molecule has 0 spiro atoms. The molecule has 170 valence electrons. The van der Waals surface area contributed by atoms with Crippen molar-refractivity contribution >= 4 is 50.4 Å². The van der Waals surface area contributed by atoms with Crippen LogP contribution < -0.4 is 15.1 Å². The number of hydrogen-bond donors (Lipinski definition) is 4. The molecule has 8 nitrogen and oxygen atoms in total. The SMILES string of the molecule is CC(=O)Nc1cccc(N(O)c2nc3ccccc3nc2NS(C)(O)c2ccc(C)cc2)c1. The van der Waals surface area contributed by atoms with E-state index in [9.17, 15) is 14.6 Å². The number of fused-ring (bicyclic) bond motifs is 1. The van der Waals surface area contributed by atoms with E-state index in [4.69, 9.17) is 0 Å². The van der Waals surface area contributed by atoms with Gasteiger partial charge in [-0.1, -0.05) is 35.9 Å².